The van der Waals surface area contributed by atoms with Gasteiger partial charge in [-0.05, 0) is 82.9 Å². The van der Waals surface area contributed by atoms with Crippen LogP contribution in [0.5, 0.6) is 5.88 Å². The van der Waals surface area contributed by atoms with Gasteiger partial charge in [-0.3, -0.25) is 4.79 Å². The van der Waals surface area contributed by atoms with E-state index in [-0.39, 0.29) is 22.7 Å². The predicted molar refractivity (Wildman–Crippen MR) is 187 cm³/mol. The fourth-order valence-electron chi connectivity index (χ4n) is 7.10. The SMILES string of the molecule is CC.CCOc1ncccc1-c1ccc2c(n1)C(=O)N(C1CCN(C(=O)OC(C)(C)C)C1)CC21CCN(c2cccc(Cl)c2C(F)(F)F)CC1. The minimum atomic E-state index is -4.61. The lowest BCUT2D eigenvalue weighted by atomic mass is 9.69. The van der Waals surface area contributed by atoms with Crippen molar-refractivity contribution in [2.75, 3.05) is 44.2 Å². The van der Waals surface area contributed by atoms with Crippen LogP contribution in [0.3, 0.4) is 0 Å². The zero-order valence-corrected chi connectivity index (χ0v) is 30.2. The van der Waals surface area contributed by atoms with E-state index in [0.29, 0.717) is 81.4 Å². The number of fused-ring (bicyclic) bond motifs is 2. The van der Waals surface area contributed by atoms with Crippen molar-refractivity contribution in [1.82, 2.24) is 19.8 Å². The Morgan fingerprint density at radius 2 is 1.76 bits per heavy atom. The maximum Gasteiger partial charge on any atom is 0.419 e. The first kappa shape index (κ1) is 37.2. The Morgan fingerprint density at radius 3 is 2.42 bits per heavy atom. The lowest BCUT2D eigenvalue weighted by Crippen LogP contribution is -2.57. The minimum Gasteiger partial charge on any atom is -0.477 e. The summed E-state index contributed by atoms with van der Waals surface area (Å²) in [7, 11) is 0. The first-order valence-corrected chi connectivity index (χ1v) is 17.6. The van der Waals surface area contributed by atoms with Gasteiger partial charge in [0.15, 0.2) is 0 Å². The van der Waals surface area contributed by atoms with Gasteiger partial charge in [0.1, 0.15) is 11.3 Å². The molecule has 3 aromatic rings. The number of benzene rings is 1. The quantitative estimate of drug-likeness (QED) is 0.263. The number of aromatic nitrogens is 2. The maximum absolute atomic E-state index is 14.3. The molecule has 6 rings (SSSR count). The van der Waals surface area contributed by atoms with E-state index in [0.717, 1.165) is 5.56 Å². The van der Waals surface area contributed by atoms with Crippen LogP contribution in [0, 0.1) is 0 Å². The van der Waals surface area contributed by atoms with Gasteiger partial charge in [0.05, 0.1) is 40.2 Å². The van der Waals surface area contributed by atoms with Crippen LogP contribution in [-0.2, 0) is 16.3 Å². The van der Waals surface area contributed by atoms with Crippen molar-refractivity contribution >= 4 is 29.3 Å². The van der Waals surface area contributed by atoms with E-state index in [2.05, 4.69) is 4.98 Å². The van der Waals surface area contributed by atoms with Crippen LogP contribution in [0.1, 0.15) is 82.4 Å². The van der Waals surface area contributed by atoms with Gasteiger partial charge in [0.25, 0.3) is 5.91 Å². The average molecular weight is 716 g/mol. The van der Waals surface area contributed by atoms with Gasteiger partial charge < -0.3 is 24.2 Å². The zero-order valence-electron chi connectivity index (χ0n) is 29.4. The molecule has 0 bridgehead atoms. The molecule has 1 aromatic carbocycles. The van der Waals surface area contributed by atoms with Crippen molar-refractivity contribution in [2.45, 2.75) is 84.0 Å². The van der Waals surface area contributed by atoms with Crippen molar-refractivity contribution in [3.05, 3.63) is 70.5 Å². The molecule has 0 radical (unpaired) electrons. The third-order valence-corrected chi connectivity index (χ3v) is 9.64. The highest BCUT2D eigenvalue weighted by Gasteiger charge is 2.49. The molecule has 2 fully saturated rings. The predicted octanol–water partition coefficient (Wildman–Crippen LogP) is 8.24. The lowest BCUT2D eigenvalue weighted by Gasteiger charge is -2.50. The number of hydrogen-bond acceptors (Lipinski definition) is 7. The summed E-state index contributed by atoms with van der Waals surface area (Å²) in [6.07, 6.45) is -1.89. The van der Waals surface area contributed by atoms with E-state index in [1.807, 2.05) is 64.6 Å². The molecule has 9 nitrogen and oxygen atoms in total. The smallest absolute Gasteiger partial charge is 0.419 e. The summed E-state index contributed by atoms with van der Waals surface area (Å²) in [5.41, 5.74) is 0.229. The topological polar surface area (TPSA) is 88.1 Å². The number of ether oxygens (including phenoxy) is 2. The molecule has 270 valence electrons. The molecule has 0 aliphatic carbocycles. The van der Waals surface area contributed by atoms with Gasteiger partial charge in [-0.25, -0.2) is 14.8 Å². The van der Waals surface area contributed by atoms with Crippen molar-refractivity contribution in [3.63, 3.8) is 0 Å². The summed E-state index contributed by atoms with van der Waals surface area (Å²) in [6.45, 7) is 13.4. The van der Waals surface area contributed by atoms with E-state index in [4.69, 9.17) is 26.1 Å². The summed E-state index contributed by atoms with van der Waals surface area (Å²) in [4.78, 5) is 41.7. The second kappa shape index (κ2) is 14.7. The molecule has 0 saturated carbocycles. The number of rotatable bonds is 5. The fourth-order valence-corrected chi connectivity index (χ4v) is 7.38. The molecule has 1 unspecified atom stereocenters. The number of alkyl halides is 3. The number of pyridine rings is 2. The highest BCUT2D eigenvalue weighted by molar-refractivity contribution is 6.31. The van der Waals surface area contributed by atoms with Gasteiger partial charge in [0, 0.05) is 44.3 Å². The molecular formula is C37H45ClF3N5O4. The summed E-state index contributed by atoms with van der Waals surface area (Å²) in [5.74, 6) is 0.161. The van der Waals surface area contributed by atoms with Gasteiger partial charge in [-0.15, -0.1) is 0 Å². The molecule has 2 amide bonds. The summed E-state index contributed by atoms with van der Waals surface area (Å²) < 4.78 is 53.6. The second-order valence-corrected chi connectivity index (χ2v) is 14.0. The molecular weight excluding hydrogens is 671 g/mol. The Bertz CT molecular complexity index is 1710. The Balaban J connectivity index is 0.00000239. The molecule has 2 aromatic heterocycles. The van der Waals surface area contributed by atoms with Gasteiger partial charge >= 0.3 is 12.3 Å². The highest BCUT2D eigenvalue weighted by Crippen LogP contribution is 2.47. The number of carbonyl (C=O) groups excluding carboxylic acids is 2. The standard InChI is InChI=1S/C35H39ClF3N5O4.C2H6/c1-5-47-30-23(8-7-16-40-30)26-12-11-24-29(41-26)31(45)44(22-13-17-43(20-22)32(46)48-33(2,3)4)21-34(24)14-18-42(19-15-34)27-10-6-9-25(36)28(27)35(37,38)39;1-2/h6-12,16,22H,5,13-15,17-21H2,1-4H3;1-2H3. The number of nitrogens with zero attached hydrogens (tertiary/aromatic N) is 5. The largest absolute Gasteiger partial charge is 0.477 e. The van der Waals surface area contributed by atoms with Crippen LogP contribution in [0.25, 0.3) is 11.3 Å². The second-order valence-electron chi connectivity index (χ2n) is 13.6. The van der Waals surface area contributed by atoms with Crippen molar-refractivity contribution < 1.29 is 32.2 Å². The molecule has 1 spiro atoms. The molecule has 3 aliphatic heterocycles. The van der Waals surface area contributed by atoms with Crippen LogP contribution in [0.2, 0.25) is 5.02 Å². The Kier molecular flexibility index (Phi) is 10.9. The average Bonchev–Trinajstić information content (AvgIpc) is 3.57. The van der Waals surface area contributed by atoms with Crippen molar-refractivity contribution in [3.8, 4) is 17.1 Å². The number of anilines is 1. The fraction of sp³-hybridized carbons (Fsp3) is 0.514. The Hall–Kier alpha value is -4.06. The normalized spacial score (nSPS) is 18.8. The third-order valence-electron chi connectivity index (χ3n) is 9.32. The van der Waals surface area contributed by atoms with Crippen LogP contribution in [-0.4, -0.2) is 82.7 Å². The highest BCUT2D eigenvalue weighted by atomic mass is 35.5. The number of likely N-dealkylation sites (tertiary alicyclic amines) is 1. The molecule has 3 aliphatic rings. The van der Waals surface area contributed by atoms with Crippen LogP contribution >= 0.6 is 11.6 Å². The van der Waals surface area contributed by atoms with Gasteiger partial charge in [-0.2, -0.15) is 13.2 Å². The Labute approximate surface area is 296 Å². The number of piperidine rings is 1. The number of hydrogen-bond donors (Lipinski definition) is 0. The first-order valence-electron chi connectivity index (χ1n) is 17.2. The maximum atomic E-state index is 14.3. The molecule has 1 atom stereocenters. The summed E-state index contributed by atoms with van der Waals surface area (Å²) in [5, 5.41) is -0.339. The van der Waals surface area contributed by atoms with E-state index in [1.54, 1.807) is 22.1 Å². The molecule has 2 saturated heterocycles. The van der Waals surface area contributed by atoms with Crippen LogP contribution in [0.4, 0.5) is 23.7 Å². The van der Waals surface area contributed by atoms with Gasteiger partial charge in [-0.1, -0.05) is 37.6 Å². The van der Waals surface area contributed by atoms with Crippen molar-refractivity contribution in [2.24, 2.45) is 0 Å². The lowest BCUT2D eigenvalue weighted by molar-refractivity contribution is -0.137. The number of amides is 2. The first-order chi connectivity index (χ1) is 23.7. The Morgan fingerprint density at radius 1 is 1.04 bits per heavy atom. The third kappa shape index (κ3) is 7.50. The molecule has 0 N–H and O–H groups in total. The van der Waals surface area contributed by atoms with Crippen molar-refractivity contribution in [1.29, 1.82) is 0 Å². The van der Waals surface area contributed by atoms with Crippen LogP contribution < -0.4 is 9.64 Å². The minimum absolute atomic E-state index is 0.0473. The number of carbonyl (C=O) groups is 2. The monoisotopic (exact) mass is 715 g/mol. The van der Waals surface area contributed by atoms with E-state index in [1.165, 1.54) is 18.2 Å². The molecule has 13 heteroatoms. The zero-order chi connectivity index (χ0) is 36.4. The molecule has 50 heavy (non-hydrogen) atoms. The summed E-state index contributed by atoms with van der Waals surface area (Å²) >= 11 is 6.07. The van der Waals surface area contributed by atoms with Crippen LogP contribution in [0.15, 0.2) is 48.7 Å². The van der Waals surface area contributed by atoms with Gasteiger partial charge in [0.2, 0.25) is 5.88 Å². The van der Waals surface area contributed by atoms with E-state index in [9.17, 15) is 22.8 Å². The number of halogens is 4. The van der Waals surface area contributed by atoms with E-state index >= 15 is 0 Å². The summed E-state index contributed by atoms with van der Waals surface area (Å²) in [6, 6.07) is 11.4. The molecule has 5 heterocycles. The van der Waals surface area contributed by atoms with E-state index < -0.39 is 28.8 Å².